The molecular weight excluding hydrogens is 346 g/mol. The van der Waals surface area contributed by atoms with E-state index in [2.05, 4.69) is 27.7 Å². The molecule has 1 N–H and O–H groups in total. The van der Waals surface area contributed by atoms with E-state index < -0.39 is 0 Å². The molecule has 0 saturated heterocycles. The van der Waals surface area contributed by atoms with Crippen molar-refractivity contribution in [3.05, 3.63) is 16.8 Å². The van der Waals surface area contributed by atoms with Crippen LogP contribution >= 0.6 is 11.3 Å². The molecule has 4 fully saturated rings. The molecule has 0 radical (unpaired) electrons. The average molecular weight is 372 g/mol. The molecule has 1 amide bonds. The Hall–Kier alpha value is -1.76. The standard InChI is InChI=1S/C19H25N5OS/c1-12(19-7-13-4-14(8-19)6-15(5-13)9-19)20-17(25)10-24-22-18(21-23-24)16-2-3-26-11-16/h2-3,11-15H,4-10H2,1H3,(H,20,25)/t12-,13?,14?,15?,19?/m0/s1. The second-order valence-corrected chi connectivity index (χ2v) is 9.50. The summed E-state index contributed by atoms with van der Waals surface area (Å²) in [6, 6.07) is 2.18. The lowest BCUT2D eigenvalue weighted by atomic mass is 9.48. The molecule has 4 saturated carbocycles. The molecule has 2 aromatic rings. The van der Waals surface area contributed by atoms with Crippen molar-refractivity contribution in [1.29, 1.82) is 0 Å². The Bertz CT molecular complexity index is 763. The van der Waals surface area contributed by atoms with Crippen molar-refractivity contribution in [1.82, 2.24) is 25.5 Å². The summed E-state index contributed by atoms with van der Waals surface area (Å²) >= 11 is 1.60. The molecule has 6 rings (SSSR count). The quantitative estimate of drug-likeness (QED) is 0.876. The van der Waals surface area contributed by atoms with Gasteiger partial charge in [0.05, 0.1) is 0 Å². The van der Waals surface area contributed by atoms with Crippen molar-refractivity contribution in [2.24, 2.45) is 23.2 Å². The highest BCUT2D eigenvalue weighted by molar-refractivity contribution is 7.08. The molecule has 7 heteroatoms. The van der Waals surface area contributed by atoms with Gasteiger partial charge in [0, 0.05) is 17.0 Å². The van der Waals surface area contributed by atoms with E-state index in [4.69, 9.17) is 0 Å². The largest absolute Gasteiger partial charge is 0.351 e. The highest BCUT2D eigenvalue weighted by Gasteiger charge is 2.53. The molecular formula is C19H25N5OS. The molecule has 1 atom stereocenters. The van der Waals surface area contributed by atoms with Gasteiger partial charge in [-0.15, -0.1) is 10.2 Å². The number of hydrogen-bond acceptors (Lipinski definition) is 5. The maximum Gasteiger partial charge on any atom is 0.243 e. The summed E-state index contributed by atoms with van der Waals surface area (Å²) in [5, 5.41) is 19.6. The first-order valence-electron chi connectivity index (χ1n) is 9.69. The van der Waals surface area contributed by atoms with Gasteiger partial charge in [0.15, 0.2) is 0 Å². The maximum absolute atomic E-state index is 12.6. The molecule has 138 valence electrons. The van der Waals surface area contributed by atoms with Crippen LogP contribution in [0.5, 0.6) is 0 Å². The van der Waals surface area contributed by atoms with E-state index in [0.29, 0.717) is 11.2 Å². The minimum atomic E-state index is -0.0116. The second kappa shape index (κ2) is 6.15. The number of tetrazole rings is 1. The monoisotopic (exact) mass is 371 g/mol. The molecule has 0 unspecified atom stereocenters. The third-order valence-electron chi connectivity index (χ3n) is 6.90. The van der Waals surface area contributed by atoms with Crippen LogP contribution in [0.25, 0.3) is 11.4 Å². The Labute approximate surface area is 157 Å². The molecule has 4 aliphatic carbocycles. The first-order chi connectivity index (χ1) is 12.6. The van der Waals surface area contributed by atoms with Crippen molar-refractivity contribution in [2.75, 3.05) is 0 Å². The van der Waals surface area contributed by atoms with Crippen molar-refractivity contribution < 1.29 is 4.79 Å². The van der Waals surface area contributed by atoms with Crippen LogP contribution in [0.15, 0.2) is 16.8 Å². The lowest BCUT2D eigenvalue weighted by Crippen LogP contribution is -2.56. The highest BCUT2D eigenvalue weighted by Crippen LogP contribution is 2.61. The van der Waals surface area contributed by atoms with E-state index in [9.17, 15) is 4.79 Å². The zero-order chi connectivity index (χ0) is 17.7. The van der Waals surface area contributed by atoms with Gasteiger partial charge in [-0.2, -0.15) is 16.1 Å². The average Bonchev–Trinajstić information content (AvgIpc) is 3.24. The van der Waals surface area contributed by atoms with E-state index in [-0.39, 0.29) is 18.5 Å². The fourth-order valence-corrected chi connectivity index (χ4v) is 6.73. The Morgan fingerprint density at radius 3 is 2.62 bits per heavy atom. The highest BCUT2D eigenvalue weighted by atomic mass is 32.1. The van der Waals surface area contributed by atoms with E-state index in [1.54, 1.807) is 11.3 Å². The normalized spacial score (nSPS) is 33.3. The molecule has 26 heavy (non-hydrogen) atoms. The van der Waals surface area contributed by atoms with E-state index in [1.165, 1.54) is 43.3 Å². The molecule has 4 aliphatic rings. The van der Waals surface area contributed by atoms with Gasteiger partial charge < -0.3 is 5.32 Å². The summed E-state index contributed by atoms with van der Waals surface area (Å²) < 4.78 is 0. The van der Waals surface area contributed by atoms with Crippen molar-refractivity contribution in [3.8, 4) is 11.4 Å². The lowest BCUT2D eigenvalue weighted by Gasteiger charge is -2.59. The van der Waals surface area contributed by atoms with Crippen molar-refractivity contribution in [2.45, 2.75) is 58.0 Å². The number of aromatic nitrogens is 4. The number of carbonyl (C=O) groups is 1. The molecule has 6 nitrogen and oxygen atoms in total. The fourth-order valence-electron chi connectivity index (χ4n) is 6.09. The van der Waals surface area contributed by atoms with Crippen LogP contribution in [0.1, 0.15) is 45.4 Å². The minimum Gasteiger partial charge on any atom is -0.351 e. The fraction of sp³-hybridized carbons (Fsp3) is 0.684. The summed E-state index contributed by atoms with van der Waals surface area (Å²) in [5.41, 5.74) is 1.27. The maximum atomic E-state index is 12.6. The first kappa shape index (κ1) is 16.4. The van der Waals surface area contributed by atoms with Crippen LogP contribution < -0.4 is 5.32 Å². The van der Waals surface area contributed by atoms with Crippen LogP contribution in [0, 0.1) is 23.2 Å². The second-order valence-electron chi connectivity index (χ2n) is 8.72. The van der Waals surface area contributed by atoms with Crippen LogP contribution in [0.2, 0.25) is 0 Å². The SMILES string of the molecule is C[C@H](NC(=O)Cn1nnc(-c2ccsc2)n1)C12CC3CC(CC(C3)C1)C2. The number of nitrogens with zero attached hydrogens (tertiary/aromatic N) is 4. The number of thiophene rings is 1. The predicted molar refractivity (Wildman–Crippen MR) is 99.3 cm³/mol. The number of amides is 1. The van der Waals surface area contributed by atoms with Gasteiger partial charge in [0.1, 0.15) is 6.54 Å². The van der Waals surface area contributed by atoms with Gasteiger partial charge in [-0.3, -0.25) is 4.79 Å². The zero-order valence-corrected chi connectivity index (χ0v) is 15.9. The topological polar surface area (TPSA) is 72.7 Å². The molecule has 4 bridgehead atoms. The minimum absolute atomic E-state index is 0.0116. The zero-order valence-electron chi connectivity index (χ0n) is 15.1. The Balaban J connectivity index is 1.23. The van der Waals surface area contributed by atoms with Crippen LogP contribution in [-0.2, 0) is 11.3 Å². The Kier molecular flexibility index (Phi) is 3.88. The third kappa shape index (κ3) is 2.86. The lowest BCUT2D eigenvalue weighted by molar-refractivity contribution is -0.126. The molecule has 0 spiro atoms. The van der Waals surface area contributed by atoms with Gasteiger partial charge in [-0.25, -0.2) is 0 Å². The molecule has 2 aromatic heterocycles. The van der Waals surface area contributed by atoms with Crippen molar-refractivity contribution in [3.63, 3.8) is 0 Å². The number of carbonyl (C=O) groups excluding carboxylic acids is 1. The number of rotatable bonds is 5. The van der Waals surface area contributed by atoms with Crippen LogP contribution in [0.3, 0.4) is 0 Å². The van der Waals surface area contributed by atoms with E-state index in [0.717, 1.165) is 23.3 Å². The van der Waals surface area contributed by atoms with Gasteiger partial charge >= 0.3 is 0 Å². The summed E-state index contributed by atoms with van der Waals surface area (Å²) in [7, 11) is 0. The smallest absolute Gasteiger partial charge is 0.243 e. The predicted octanol–water partition coefficient (Wildman–Crippen LogP) is 3.12. The van der Waals surface area contributed by atoms with Gasteiger partial charge in [-0.1, -0.05) is 0 Å². The van der Waals surface area contributed by atoms with Gasteiger partial charge in [-0.05, 0) is 85.3 Å². The molecule has 2 heterocycles. The number of nitrogens with one attached hydrogen (secondary N) is 1. The van der Waals surface area contributed by atoms with E-state index in [1.807, 2.05) is 16.8 Å². The van der Waals surface area contributed by atoms with Crippen LogP contribution in [-0.4, -0.2) is 32.2 Å². The van der Waals surface area contributed by atoms with Gasteiger partial charge in [0.25, 0.3) is 0 Å². The Morgan fingerprint density at radius 1 is 1.31 bits per heavy atom. The Morgan fingerprint density at radius 2 is 2.00 bits per heavy atom. The van der Waals surface area contributed by atoms with Gasteiger partial charge in [0.2, 0.25) is 11.7 Å². The number of hydrogen-bond donors (Lipinski definition) is 1. The molecule has 0 aliphatic heterocycles. The summed E-state index contributed by atoms with van der Waals surface area (Å²) in [4.78, 5) is 14.0. The third-order valence-corrected chi connectivity index (χ3v) is 7.58. The van der Waals surface area contributed by atoms with Crippen molar-refractivity contribution >= 4 is 17.2 Å². The summed E-state index contributed by atoms with van der Waals surface area (Å²) in [5.74, 6) is 3.25. The summed E-state index contributed by atoms with van der Waals surface area (Å²) in [6.45, 7) is 2.34. The molecule has 0 aromatic carbocycles. The van der Waals surface area contributed by atoms with Crippen LogP contribution in [0.4, 0.5) is 0 Å². The first-order valence-corrected chi connectivity index (χ1v) is 10.6. The van der Waals surface area contributed by atoms with E-state index >= 15 is 0 Å². The summed E-state index contributed by atoms with van der Waals surface area (Å²) in [6.07, 6.45) is 8.16.